The van der Waals surface area contributed by atoms with Crippen LogP contribution in [0.5, 0.6) is 0 Å². The van der Waals surface area contributed by atoms with E-state index in [1.165, 1.54) is 6.33 Å². The summed E-state index contributed by atoms with van der Waals surface area (Å²) in [6.07, 6.45) is 1.84. The fourth-order valence-electron chi connectivity index (χ4n) is 1.62. The minimum absolute atomic E-state index is 0.151. The van der Waals surface area contributed by atoms with Gasteiger partial charge in [0.15, 0.2) is 6.33 Å². The lowest BCUT2D eigenvalue weighted by atomic mass is 10.2. The van der Waals surface area contributed by atoms with E-state index in [0.717, 1.165) is 5.69 Å². The van der Waals surface area contributed by atoms with Gasteiger partial charge in [0.05, 0.1) is 0 Å². The molecule has 0 saturated carbocycles. The second kappa shape index (κ2) is 5.94. The number of anilines is 1. The first kappa shape index (κ1) is 13.0. The molecule has 0 bridgehead atoms. The molecular formula is C12H15N5O2. The van der Waals surface area contributed by atoms with Crippen molar-refractivity contribution in [2.24, 2.45) is 0 Å². The maximum atomic E-state index is 12.0. The highest BCUT2D eigenvalue weighted by atomic mass is 16.5. The highest BCUT2D eigenvalue weighted by Gasteiger charge is 2.08. The molecule has 7 heteroatoms. The molecular weight excluding hydrogens is 246 g/mol. The quantitative estimate of drug-likeness (QED) is 0.826. The highest BCUT2D eigenvalue weighted by molar-refractivity contribution is 5.94. The van der Waals surface area contributed by atoms with Crippen LogP contribution in [0.2, 0.25) is 0 Å². The van der Waals surface area contributed by atoms with Crippen LogP contribution in [0.3, 0.4) is 0 Å². The molecule has 2 N–H and O–H groups in total. The van der Waals surface area contributed by atoms with Gasteiger partial charge in [0.2, 0.25) is 5.89 Å². The third-order valence-electron chi connectivity index (χ3n) is 2.50. The molecule has 7 nitrogen and oxygen atoms in total. The Bertz CT molecular complexity index is 553. The van der Waals surface area contributed by atoms with Gasteiger partial charge in [-0.05, 0) is 19.1 Å². The number of carbonyl (C=O) groups excluding carboxylic acids is 1. The zero-order valence-electron chi connectivity index (χ0n) is 10.8. The minimum atomic E-state index is -0.151. The molecule has 2 rings (SSSR count). The van der Waals surface area contributed by atoms with Gasteiger partial charge >= 0.3 is 0 Å². The predicted molar refractivity (Wildman–Crippen MR) is 68.9 cm³/mol. The fourth-order valence-corrected chi connectivity index (χ4v) is 1.62. The van der Waals surface area contributed by atoms with Gasteiger partial charge < -0.3 is 15.2 Å². The molecule has 0 atom stereocenters. The van der Waals surface area contributed by atoms with Gasteiger partial charge in [0.25, 0.3) is 5.91 Å². The van der Waals surface area contributed by atoms with Gasteiger partial charge in [0, 0.05) is 31.3 Å². The van der Waals surface area contributed by atoms with Crippen molar-refractivity contribution in [3.05, 3.63) is 35.6 Å². The third-order valence-corrected chi connectivity index (χ3v) is 2.50. The molecule has 0 aliphatic carbocycles. The zero-order chi connectivity index (χ0) is 13.7. The van der Waals surface area contributed by atoms with Gasteiger partial charge in [-0.15, -0.1) is 0 Å². The van der Waals surface area contributed by atoms with Crippen LogP contribution in [0.4, 0.5) is 5.82 Å². The van der Waals surface area contributed by atoms with Crippen LogP contribution in [-0.4, -0.2) is 34.6 Å². The number of nitrogens with zero attached hydrogens (tertiary/aromatic N) is 3. The summed E-state index contributed by atoms with van der Waals surface area (Å²) in [7, 11) is 1.76. The third kappa shape index (κ3) is 3.51. The summed E-state index contributed by atoms with van der Waals surface area (Å²) < 4.78 is 4.84. The lowest BCUT2D eigenvalue weighted by molar-refractivity contribution is 0.0953. The molecule has 2 aromatic rings. The van der Waals surface area contributed by atoms with E-state index in [4.69, 9.17) is 4.52 Å². The number of pyridine rings is 1. The fraction of sp³-hybridized carbons (Fsp3) is 0.333. The van der Waals surface area contributed by atoms with E-state index in [0.29, 0.717) is 30.2 Å². The van der Waals surface area contributed by atoms with Crippen molar-refractivity contribution >= 4 is 11.7 Å². The van der Waals surface area contributed by atoms with Crippen molar-refractivity contribution in [1.82, 2.24) is 20.4 Å². The van der Waals surface area contributed by atoms with Crippen LogP contribution < -0.4 is 10.6 Å². The molecule has 19 heavy (non-hydrogen) atoms. The molecule has 0 fully saturated rings. The van der Waals surface area contributed by atoms with E-state index >= 15 is 0 Å². The van der Waals surface area contributed by atoms with Crippen LogP contribution in [0.1, 0.15) is 21.9 Å². The molecule has 0 saturated heterocycles. The van der Waals surface area contributed by atoms with E-state index in [1.54, 1.807) is 19.2 Å². The monoisotopic (exact) mass is 261 g/mol. The van der Waals surface area contributed by atoms with Crippen molar-refractivity contribution in [1.29, 1.82) is 0 Å². The number of hydrogen-bond acceptors (Lipinski definition) is 6. The van der Waals surface area contributed by atoms with Crippen LogP contribution in [0, 0.1) is 6.92 Å². The molecule has 100 valence electrons. The highest BCUT2D eigenvalue weighted by Crippen LogP contribution is 2.09. The second-order valence-electron chi connectivity index (χ2n) is 3.97. The normalized spacial score (nSPS) is 10.2. The Kier molecular flexibility index (Phi) is 4.07. The summed E-state index contributed by atoms with van der Waals surface area (Å²) in [5.74, 6) is 1.02. The molecule has 0 aliphatic heterocycles. The maximum absolute atomic E-state index is 12.0. The first-order chi connectivity index (χ1) is 9.19. The van der Waals surface area contributed by atoms with Gasteiger partial charge in [-0.1, -0.05) is 5.16 Å². The van der Waals surface area contributed by atoms with Crippen LogP contribution in [0.15, 0.2) is 23.0 Å². The second-order valence-corrected chi connectivity index (χ2v) is 3.97. The standard InChI is InChI=1S/C12H15N5O2/c1-8-5-9(6-10(13-2)17-8)12(18)14-4-3-11-15-7-16-19-11/h5-7H,3-4H2,1-2H3,(H,13,17)(H,14,18). The summed E-state index contributed by atoms with van der Waals surface area (Å²) in [4.78, 5) is 20.1. The average molecular weight is 261 g/mol. The van der Waals surface area contributed by atoms with Gasteiger partial charge in [-0.3, -0.25) is 4.79 Å². The molecule has 0 aromatic carbocycles. The van der Waals surface area contributed by atoms with E-state index in [1.807, 2.05) is 6.92 Å². The Hall–Kier alpha value is -2.44. The molecule has 0 aliphatic rings. The molecule has 2 aromatic heterocycles. The zero-order valence-corrected chi connectivity index (χ0v) is 10.8. The van der Waals surface area contributed by atoms with Crippen LogP contribution >= 0.6 is 0 Å². The number of rotatable bonds is 5. The number of carbonyl (C=O) groups is 1. The number of hydrogen-bond donors (Lipinski definition) is 2. The first-order valence-corrected chi connectivity index (χ1v) is 5.89. The van der Waals surface area contributed by atoms with E-state index in [-0.39, 0.29) is 5.91 Å². The minimum Gasteiger partial charge on any atom is -0.373 e. The SMILES string of the molecule is CNc1cc(C(=O)NCCc2ncno2)cc(C)n1. The lowest BCUT2D eigenvalue weighted by Crippen LogP contribution is -2.26. The number of amides is 1. The Balaban J connectivity index is 1.94. The predicted octanol–water partition coefficient (Wildman–Crippen LogP) is 0.787. The smallest absolute Gasteiger partial charge is 0.251 e. The van der Waals surface area contributed by atoms with E-state index < -0.39 is 0 Å². The summed E-state index contributed by atoms with van der Waals surface area (Å²) in [6.45, 7) is 2.29. The first-order valence-electron chi connectivity index (χ1n) is 5.89. The molecule has 0 radical (unpaired) electrons. The summed E-state index contributed by atoms with van der Waals surface area (Å²) in [6, 6.07) is 3.44. The molecule has 1 amide bonds. The Morgan fingerprint density at radius 3 is 2.95 bits per heavy atom. The molecule has 0 spiro atoms. The Morgan fingerprint density at radius 2 is 2.26 bits per heavy atom. The average Bonchev–Trinajstić information content (AvgIpc) is 2.91. The van der Waals surface area contributed by atoms with Crippen molar-refractivity contribution in [2.45, 2.75) is 13.3 Å². The number of aryl methyl sites for hydroxylation is 1. The largest absolute Gasteiger partial charge is 0.373 e. The summed E-state index contributed by atoms with van der Waals surface area (Å²) in [5, 5.41) is 9.21. The van der Waals surface area contributed by atoms with Gasteiger partial charge in [-0.2, -0.15) is 4.98 Å². The van der Waals surface area contributed by atoms with Crippen LogP contribution in [0.25, 0.3) is 0 Å². The lowest BCUT2D eigenvalue weighted by Gasteiger charge is -2.07. The number of aromatic nitrogens is 3. The molecule has 0 unspecified atom stereocenters. The van der Waals surface area contributed by atoms with Crippen molar-refractivity contribution in [3.63, 3.8) is 0 Å². The van der Waals surface area contributed by atoms with E-state index in [9.17, 15) is 4.79 Å². The van der Waals surface area contributed by atoms with Crippen molar-refractivity contribution < 1.29 is 9.32 Å². The Labute approximate surface area is 110 Å². The Morgan fingerprint density at radius 1 is 1.42 bits per heavy atom. The van der Waals surface area contributed by atoms with Gasteiger partial charge in [-0.25, -0.2) is 4.98 Å². The van der Waals surface area contributed by atoms with E-state index in [2.05, 4.69) is 25.8 Å². The number of nitrogens with one attached hydrogen (secondary N) is 2. The maximum Gasteiger partial charge on any atom is 0.251 e. The molecule has 2 heterocycles. The summed E-state index contributed by atoms with van der Waals surface area (Å²) >= 11 is 0. The van der Waals surface area contributed by atoms with Gasteiger partial charge in [0.1, 0.15) is 5.82 Å². The van der Waals surface area contributed by atoms with Crippen molar-refractivity contribution in [3.8, 4) is 0 Å². The summed E-state index contributed by atoms with van der Waals surface area (Å²) in [5.41, 5.74) is 1.36. The van der Waals surface area contributed by atoms with Crippen molar-refractivity contribution in [2.75, 3.05) is 18.9 Å². The van der Waals surface area contributed by atoms with Crippen LogP contribution in [-0.2, 0) is 6.42 Å². The topological polar surface area (TPSA) is 92.9 Å².